The van der Waals surface area contributed by atoms with Crippen LogP contribution in [0.25, 0.3) is 0 Å². The van der Waals surface area contributed by atoms with Crippen molar-refractivity contribution in [2.45, 2.75) is 38.5 Å². The fourth-order valence-electron chi connectivity index (χ4n) is 3.03. The lowest BCUT2D eigenvalue weighted by atomic mass is 10.2. The van der Waals surface area contributed by atoms with Crippen LogP contribution in [0.4, 0.5) is 4.39 Å². The minimum absolute atomic E-state index is 0.0728. The molecular weight excluding hydrogens is 313 g/mol. The van der Waals surface area contributed by atoms with Crippen molar-refractivity contribution in [1.29, 1.82) is 0 Å². The Morgan fingerprint density at radius 2 is 2.29 bits per heavy atom. The molecule has 7 heteroatoms. The van der Waals surface area contributed by atoms with Gasteiger partial charge in [0.15, 0.2) is 5.82 Å². The molecule has 1 fully saturated rings. The zero-order valence-corrected chi connectivity index (χ0v) is 13.7. The Balaban J connectivity index is 1.47. The molecule has 2 unspecified atom stereocenters. The van der Waals surface area contributed by atoms with Crippen LogP contribution >= 0.6 is 0 Å². The molecule has 1 saturated heterocycles. The summed E-state index contributed by atoms with van der Waals surface area (Å²) in [7, 11) is 0. The van der Waals surface area contributed by atoms with Gasteiger partial charge in [0.25, 0.3) is 0 Å². The Morgan fingerprint density at radius 1 is 1.46 bits per heavy atom. The maximum atomic E-state index is 13.5. The molecule has 1 aliphatic heterocycles. The number of rotatable bonds is 7. The number of aliphatic hydroxyl groups excluding tert-OH is 1. The highest BCUT2D eigenvalue weighted by atomic mass is 19.1. The number of halogens is 1. The summed E-state index contributed by atoms with van der Waals surface area (Å²) in [6.45, 7) is 3.42. The number of aromatic nitrogens is 2. The SMILES string of the molecule is Cc1nc(C2CCCN2CC(O)COCc2ccccc2F)no1. The summed E-state index contributed by atoms with van der Waals surface area (Å²) in [4.78, 5) is 6.43. The lowest BCUT2D eigenvalue weighted by Gasteiger charge is -2.24. The maximum absolute atomic E-state index is 13.5. The third-order valence-corrected chi connectivity index (χ3v) is 4.18. The van der Waals surface area contributed by atoms with Crippen molar-refractivity contribution in [2.75, 3.05) is 19.7 Å². The van der Waals surface area contributed by atoms with Crippen LogP contribution in [-0.2, 0) is 11.3 Å². The van der Waals surface area contributed by atoms with Gasteiger partial charge in [-0.3, -0.25) is 4.90 Å². The van der Waals surface area contributed by atoms with E-state index in [1.807, 2.05) is 0 Å². The van der Waals surface area contributed by atoms with Gasteiger partial charge in [-0.05, 0) is 25.5 Å². The fraction of sp³-hybridized carbons (Fsp3) is 0.529. The van der Waals surface area contributed by atoms with Crippen molar-refractivity contribution < 1.29 is 18.8 Å². The summed E-state index contributed by atoms with van der Waals surface area (Å²) >= 11 is 0. The number of ether oxygens (including phenoxy) is 1. The maximum Gasteiger partial charge on any atom is 0.223 e. The number of benzene rings is 1. The molecule has 2 aromatic rings. The second-order valence-electron chi connectivity index (χ2n) is 6.08. The molecule has 1 N–H and O–H groups in total. The van der Waals surface area contributed by atoms with E-state index in [-0.39, 0.29) is 25.1 Å². The van der Waals surface area contributed by atoms with E-state index in [1.54, 1.807) is 25.1 Å². The van der Waals surface area contributed by atoms with E-state index in [9.17, 15) is 9.50 Å². The molecule has 0 amide bonds. The van der Waals surface area contributed by atoms with E-state index in [1.165, 1.54) is 6.07 Å². The lowest BCUT2D eigenvalue weighted by molar-refractivity contribution is 0.00637. The molecule has 0 radical (unpaired) electrons. The highest BCUT2D eigenvalue weighted by Gasteiger charge is 2.30. The first-order valence-electron chi connectivity index (χ1n) is 8.17. The molecule has 1 aromatic heterocycles. The van der Waals surface area contributed by atoms with E-state index in [0.29, 0.717) is 23.8 Å². The molecule has 24 heavy (non-hydrogen) atoms. The van der Waals surface area contributed by atoms with Gasteiger partial charge < -0.3 is 14.4 Å². The molecule has 1 aromatic carbocycles. The third-order valence-electron chi connectivity index (χ3n) is 4.18. The quantitative estimate of drug-likeness (QED) is 0.837. The summed E-state index contributed by atoms with van der Waals surface area (Å²) in [6.07, 6.45) is 1.33. The molecule has 2 heterocycles. The van der Waals surface area contributed by atoms with Crippen molar-refractivity contribution in [3.63, 3.8) is 0 Å². The van der Waals surface area contributed by atoms with Crippen molar-refractivity contribution in [2.24, 2.45) is 0 Å². The summed E-state index contributed by atoms with van der Waals surface area (Å²) in [5.74, 6) is 0.925. The number of aliphatic hydroxyl groups is 1. The molecular formula is C17H22FN3O3. The Bertz CT molecular complexity index is 664. The van der Waals surface area contributed by atoms with E-state index >= 15 is 0 Å². The average Bonchev–Trinajstić information content (AvgIpc) is 3.18. The monoisotopic (exact) mass is 335 g/mol. The van der Waals surface area contributed by atoms with E-state index < -0.39 is 6.10 Å². The van der Waals surface area contributed by atoms with E-state index in [2.05, 4.69) is 15.0 Å². The topological polar surface area (TPSA) is 71.6 Å². The third kappa shape index (κ3) is 4.17. The van der Waals surface area contributed by atoms with Crippen LogP contribution in [0, 0.1) is 12.7 Å². The molecule has 130 valence electrons. The second-order valence-corrected chi connectivity index (χ2v) is 6.08. The highest BCUT2D eigenvalue weighted by molar-refractivity contribution is 5.16. The predicted molar refractivity (Wildman–Crippen MR) is 84.6 cm³/mol. The Kier molecular flexibility index (Phi) is 5.55. The summed E-state index contributed by atoms with van der Waals surface area (Å²) in [5.41, 5.74) is 0.492. The van der Waals surface area contributed by atoms with Crippen LogP contribution in [-0.4, -0.2) is 45.9 Å². The van der Waals surface area contributed by atoms with Crippen molar-refractivity contribution in [3.8, 4) is 0 Å². The zero-order chi connectivity index (χ0) is 16.9. The zero-order valence-electron chi connectivity index (χ0n) is 13.7. The first kappa shape index (κ1) is 17.0. The predicted octanol–water partition coefficient (Wildman–Crippen LogP) is 2.23. The molecule has 2 atom stereocenters. The van der Waals surface area contributed by atoms with Gasteiger partial charge in [-0.15, -0.1) is 0 Å². The highest BCUT2D eigenvalue weighted by Crippen LogP contribution is 2.30. The number of nitrogens with zero attached hydrogens (tertiary/aromatic N) is 3. The van der Waals surface area contributed by atoms with Crippen LogP contribution in [0.1, 0.15) is 36.2 Å². The molecule has 0 bridgehead atoms. The van der Waals surface area contributed by atoms with Crippen molar-refractivity contribution in [3.05, 3.63) is 47.4 Å². The van der Waals surface area contributed by atoms with Gasteiger partial charge >= 0.3 is 0 Å². The fourth-order valence-corrected chi connectivity index (χ4v) is 3.03. The van der Waals surface area contributed by atoms with Gasteiger partial charge in [-0.1, -0.05) is 23.4 Å². The summed E-state index contributed by atoms with van der Waals surface area (Å²) < 4.78 is 24.0. The molecule has 0 saturated carbocycles. The molecule has 3 rings (SSSR count). The van der Waals surface area contributed by atoms with Crippen LogP contribution in [0.2, 0.25) is 0 Å². The molecule has 0 spiro atoms. The van der Waals surface area contributed by atoms with Gasteiger partial charge in [0.2, 0.25) is 5.89 Å². The van der Waals surface area contributed by atoms with Crippen LogP contribution in [0.5, 0.6) is 0 Å². The van der Waals surface area contributed by atoms with Gasteiger partial charge in [0.05, 0.1) is 25.4 Å². The minimum atomic E-state index is -0.648. The summed E-state index contributed by atoms with van der Waals surface area (Å²) in [5, 5.41) is 14.2. The number of β-amino-alcohol motifs (C(OH)–C–C–N with tert-alkyl or cyclic N) is 1. The largest absolute Gasteiger partial charge is 0.389 e. The number of likely N-dealkylation sites (tertiary alicyclic amines) is 1. The average molecular weight is 335 g/mol. The number of aryl methyl sites for hydroxylation is 1. The van der Waals surface area contributed by atoms with Crippen LogP contribution < -0.4 is 0 Å². The number of hydrogen-bond donors (Lipinski definition) is 1. The Labute approximate surface area is 140 Å². The van der Waals surface area contributed by atoms with Crippen molar-refractivity contribution >= 4 is 0 Å². The normalized spacial score (nSPS) is 19.7. The first-order chi connectivity index (χ1) is 11.6. The van der Waals surface area contributed by atoms with Crippen molar-refractivity contribution in [1.82, 2.24) is 15.0 Å². The van der Waals surface area contributed by atoms with Crippen LogP contribution in [0.15, 0.2) is 28.8 Å². The minimum Gasteiger partial charge on any atom is -0.389 e. The Morgan fingerprint density at radius 3 is 3.04 bits per heavy atom. The molecule has 6 nitrogen and oxygen atoms in total. The molecule has 1 aliphatic rings. The van der Waals surface area contributed by atoms with Gasteiger partial charge in [0.1, 0.15) is 5.82 Å². The van der Waals surface area contributed by atoms with E-state index in [0.717, 1.165) is 19.4 Å². The number of hydrogen-bond acceptors (Lipinski definition) is 6. The van der Waals surface area contributed by atoms with Crippen LogP contribution in [0.3, 0.4) is 0 Å². The molecule has 0 aliphatic carbocycles. The van der Waals surface area contributed by atoms with Gasteiger partial charge in [-0.2, -0.15) is 4.98 Å². The smallest absolute Gasteiger partial charge is 0.223 e. The lowest BCUT2D eigenvalue weighted by Crippen LogP contribution is -2.35. The summed E-state index contributed by atoms with van der Waals surface area (Å²) in [6, 6.07) is 6.55. The second kappa shape index (κ2) is 7.83. The van der Waals surface area contributed by atoms with E-state index in [4.69, 9.17) is 9.26 Å². The van der Waals surface area contributed by atoms with Gasteiger partial charge in [-0.25, -0.2) is 4.39 Å². The van der Waals surface area contributed by atoms with Gasteiger partial charge in [0, 0.05) is 19.0 Å². The standard InChI is InChI=1S/C17H22FN3O3/c1-12-19-17(20-24-12)16-7-4-8-21(16)9-14(22)11-23-10-13-5-2-3-6-15(13)18/h2-3,5-6,14,16,22H,4,7-11H2,1H3. The Hall–Kier alpha value is -1.83. The first-order valence-corrected chi connectivity index (χ1v) is 8.17.